The van der Waals surface area contributed by atoms with Gasteiger partial charge in [0.15, 0.2) is 5.82 Å². The SMILES string of the molecule is N#Cc1ccc(-c2ccc(-c3nc(-c4ccc(-c5ccc(C#N)cc5)cc4)c4cc(-c5ccc6c7ccccc7c7ccccc7c6c5)cc(-c5ccc6c7ccccc7c7ccccc7c6c5)c4n3)cc2)cc1. The van der Waals surface area contributed by atoms with Crippen LogP contribution in [-0.4, -0.2) is 9.97 Å². The van der Waals surface area contributed by atoms with E-state index in [1.54, 1.807) is 0 Å². The van der Waals surface area contributed by atoms with Crippen LogP contribution in [0.3, 0.4) is 0 Å². The van der Waals surface area contributed by atoms with Crippen molar-refractivity contribution in [2.45, 2.75) is 0 Å². The minimum absolute atomic E-state index is 0.616. The number of benzene rings is 13. The first-order valence-electron chi connectivity index (χ1n) is 24.8. The number of rotatable bonds is 6. The molecule has 0 fully saturated rings. The highest BCUT2D eigenvalue weighted by molar-refractivity contribution is 6.27. The lowest BCUT2D eigenvalue weighted by Crippen LogP contribution is -1.98. The van der Waals surface area contributed by atoms with Crippen LogP contribution in [0.4, 0.5) is 0 Å². The van der Waals surface area contributed by atoms with Gasteiger partial charge in [0.2, 0.25) is 0 Å². The van der Waals surface area contributed by atoms with Crippen LogP contribution >= 0.6 is 0 Å². The van der Waals surface area contributed by atoms with Crippen molar-refractivity contribution in [2.75, 3.05) is 0 Å². The summed E-state index contributed by atoms with van der Waals surface area (Å²) in [4.78, 5) is 11.1. The van der Waals surface area contributed by atoms with Crippen molar-refractivity contribution < 1.29 is 0 Å². The Morgan fingerprint density at radius 3 is 1.00 bits per heavy atom. The molecule has 4 heteroatoms. The third-order valence-corrected chi connectivity index (χ3v) is 14.9. The van der Waals surface area contributed by atoms with Gasteiger partial charge in [0.25, 0.3) is 0 Å². The second kappa shape index (κ2) is 17.3. The molecule has 340 valence electrons. The van der Waals surface area contributed by atoms with Crippen LogP contribution in [0.2, 0.25) is 0 Å². The lowest BCUT2D eigenvalue weighted by atomic mass is 9.88. The highest BCUT2D eigenvalue weighted by atomic mass is 14.9. The maximum absolute atomic E-state index is 9.50. The third kappa shape index (κ3) is 7.05. The van der Waals surface area contributed by atoms with Crippen molar-refractivity contribution in [1.29, 1.82) is 10.5 Å². The summed E-state index contributed by atoms with van der Waals surface area (Å²) in [7, 11) is 0. The van der Waals surface area contributed by atoms with E-state index in [9.17, 15) is 10.5 Å². The van der Waals surface area contributed by atoms with Crippen LogP contribution in [0.25, 0.3) is 143 Å². The van der Waals surface area contributed by atoms with Crippen LogP contribution in [0.1, 0.15) is 11.1 Å². The third-order valence-electron chi connectivity index (χ3n) is 14.9. The van der Waals surface area contributed by atoms with Crippen LogP contribution in [0.5, 0.6) is 0 Å². The molecule has 74 heavy (non-hydrogen) atoms. The molecule has 0 spiro atoms. The van der Waals surface area contributed by atoms with Gasteiger partial charge in [0.05, 0.1) is 34.5 Å². The molecule has 0 aliphatic heterocycles. The summed E-state index contributed by atoms with van der Waals surface area (Å²) in [5.74, 6) is 0.616. The van der Waals surface area contributed by atoms with E-state index < -0.39 is 0 Å². The standard InChI is InChI=1S/C70H40N4/c71-41-43-17-21-45(22-18-43)47-25-29-49(30-26-47)68-67-40-53(51-33-35-62-58-13-3-1-9-54(58)56-11-5-7-15-60(56)65(62)37-51)39-64(52-34-36-63-59-14-4-2-10-55(59)57-12-6-8-16-61(57)66(63)38-52)69(67)74-70(73-68)50-31-27-48(28-32-50)46-23-19-44(42-72)20-24-46/h1-40H. The molecule has 0 bridgehead atoms. The van der Waals surface area contributed by atoms with Gasteiger partial charge in [-0.05, 0) is 152 Å². The number of nitrogens with zero attached hydrogens (tertiary/aromatic N) is 4. The summed E-state index contributed by atoms with van der Waals surface area (Å²) in [6.45, 7) is 0. The second-order valence-electron chi connectivity index (χ2n) is 19.1. The minimum atomic E-state index is 0.616. The molecule has 0 saturated heterocycles. The summed E-state index contributed by atoms with van der Waals surface area (Å²) >= 11 is 0. The molecule has 0 radical (unpaired) electrons. The molecule has 0 atom stereocenters. The summed E-state index contributed by atoms with van der Waals surface area (Å²) < 4.78 is 0. The van der Waals surface area contributed by atoms with Gasteiger partial charge >= 0.3 is 0 Å². The molecule has 13 aromatic carbocycles. The topological polar surface area (TPSA) is 73.4 Å². The minimum Gasteiger partial charge on any atom is -0.227 e. The normalized spacial score (nSPS) is 11.5. The zero-order chi connectivity index (χ0) is 49.3. The van der Waals surface area contributed by atoms with Crippen LogP contribution in [0.15, 0.2) is 243 Å². The maximum Gasteiger partial charge on any atom is 0.160 e. The Morgan fingerprint density at radius 2 is 0.568 bits per heavy atom. The summed E-state index contributed by atoms with van der Waals surface area (Å²) in [5, 5.41) is 34.5. The molecule has 0 aliphatic carbocycles. The van der Waals surface area contributed by atoms with Crippen LogP contribution in [-0.2, 0) is 0 Å². The fourth-order valence-electron chi connectivity index (χ4n) is 11.2. The van der Waals surface area contributed by atoms with Gasteiger partial charge in [-0.15, -0.1) is 0 Å². The Morgan fingerprint density at radius 1 is 0.243 bits per heavy atom. The van der Waals surface area contributed by atoms with E-state index in [1.165, 1.54) is 64.6 Å². The average molecular weight is 937 g/mol. The fraction of sp³-hybridized carbons (Fsp3) is 0. The van der Waals surface area contributed by atoms with E-state index in [0.29, 0.717) is 17.0 Å². The van der Waals surface area contributed by atoms with Crippen molar-refractivity contribution in [3.63, 3.8) is 0 Å². The number of hydrogen-bond donors (Lipinski definition) is 0. The molecule has 14 rings (SSSR count). The predicted octanol–water partition coefficient (Wildman–Crippen LogP) is 18.3. The molecular formula is C70H40N4. The highest BCUT2D eigenvalue weighted by Gasteiger charge is 2.20. The van der Waals surface area contributed by atoms with Gasteiger partial charge in [-0.3, -0.25) is 0 Å². The highest BCUT2D eigenvalue weighted by Crippen LogP contribution is 2.44. The molecule has 14 aromatic rings. The molecule has 1 aromatic heterocycles. The van der Waals surface area contributed by atoms with E-state index in [4.69, 9.17) is 9.97 Å². The van der Waals surface area contributed by atoms with Gasteiger partial charge in [-0.2, -0.15) is 10.5 Å². The Kier molecular flexibility index (Phi) is 9.93. The smallest absolute Gasteiger partial charge is 0.160 e. The van der Waals surface area contributed by atoms with Gasteiger partial charge in [0.1, 0.15) is 0 Å². The molecule has 0 unspecified atom stereocenters. The lowest BCUT2D eigenvalue weighted by molar-refractivity contribution is 1.23. The van der Waals surface area contributed by atoms with Gasteiger partial charge < -0.3 is 0 Å². The van der Waals surface area contributed by atoms with Gasteiger partial charge in [-0.25, -0.2) is 9.97 Å². The van der Waals surface area contributed by atoms with E-state index in [-0.39, 0.29) is 0 Å². The molecule has 0 N–H and O–H groups in total. The first-order valence-corrected chi connectivity index (χ1v) is 24.8. The molecule has 0 saturated carbocycles. The molecular weight excluding hydrogens is 897 g/mol. The Hall–Kier alpha value is -10.3. The van der Waals surface area contributed by atoms with E-state index in [0.717, 1.165) is 72.2 Å². The average Bonchev–Trinajstić information content (AvgIpc) is 3.51. The van der Waals surface area contributed by atoms with E-state index >= 15 is 0 Å². The summed E-state index contributed by atoms with van der Waals surface area (Å²) in [5.41, 5.74) is 13.1. The van der Waals surface area contributed by atoms with Crippen molar-refractivity contribution in [3.05, 3.63) is 254 Å². The van der Waals surface area contributed by atoms with Gasteiger partial charge in [0, 0.05) is 22.1 Å². The maximum atomic E-state index is 9.50. The van der Waals surface area contributed by atoms with E-state index in [1.807, 2.05) is 48.5 Å². The monoisotopic (exact) mass is 936 g/mol. The first-order chi connectivity index (χ1) is 36.6. The zero-order valence-electron chi connectivity index (χ0n) is 39.9. The van der Waals surface area contributed by atoms with Crippen molar-refractivity contribution >= 4 is 75.5 Å². The zero-order valence-corrected chi connectivity index (χ0v) is 39.9. The molecule has 4 nitrogen and oxygen atoms in total. The predicted molar refractivity (Wildman–Crippen MR) is 307 cm³/mol. The van der Waals surface area contributed by atoms with E-state index in [2.05, 4.69) is 206 Å². The number of nitriles is 2. The largest absolute Gasteiger partial charge is 0.227 e. The fourth-order valence-corrected chi connectivity index (χ4v) is 11.2. The quantitative estimate of drug-likeness (QED) is 0.156. The van der Waals surface area contributed by atoms with Crippen LogP contribution < -0.4 is 0 Å². The Balaban J connectivity index is 1.04. The number of fused-ring (bicyclic) bond motifs is 13. The van der Waals surface area contributed by atoms with Crippen molar-refractivity contribution in [1.82, 2.24) is 9.97 Å². The Bertz CT molecular complexity index is 4620. The molecule has 0 amide bonds. The van der Waals surface area contributed by atoms with Crippen molar-refractivity contribution in [3.8, 4) is 79.3 Å². The molecule has 1 heterocycles. The molecule has 0 aliphatic rings. The first kappa shape index (κ1) is 42.6. The summed E-state index contributed by atoms with van der Waals surface area (Å²) in [6.07, 6.45) is 0. The number of aromatic nitrogens is 2. The summed E-state index contributed by atoms with van der Waals surface area (Å²) in [6, 6.07) is 90.2. The Labute approximate surface area is 426 Å². The lowest BCUT2D eigenvalue weighted by Gasteiger charge is -2.17. The van der Waals surface area contributed by atoms with Crippen molar-refractivity contribution in [2.24, 2.45) is 0 Å². The van der Waals surface area contributed by atoms with Crippen LogP contribution in [0, 0.1) is 22.7 Å². The van der Waals surface area contributed by atoms with Gasteiger partial charge in [-0.1, -0.05) is 194 Å². The number of hydrogen-bond acceptors (Lipinski definition) is 4. The second-order valence-corrected chi connectivity index (χ2v) is 19.1.